The topological polar surface area (TPSA) is 26.3 Å². The van der Waals surface area contributed by atoms with Crippen LogP contribution in [0, 0.1) is 0 Å². The van der Waals surface area contributed by atoms with E-state index in [-0.39, 0.29) is 5.78 Å². The summed E-state index contributed by atoms with van der Waals surface area (Å²) in [4.78, 5) is 14.1. The number of fused-ring (bicyclic) bond motifs is 1. The zero-order valence-corrected chi connectivity index (χ0v) is 12.2. The van der Waals surface area contributed by atoms with E-state index in [2.05, 4.69) is 6.58 Å². The molecule has 3 heteroatoms. The molecule has 21 heavy (non-hydrogen) atoms. The Morgan fingerprint density at radius 2 is 2.00 bits per heavy atom. The molecular weight excluding hydrogens is 280 g/mol. The fraction of sp³-hybridized carbons (Fsp3) is 0.0556. The van der Waals surface area contributed by atoms with Gasteiger partial charge in [-0.3, -0.25) is 4.79 Å². The molecule has 0 N–H and O–H groups in total. The normalized spacial score (nSPS) is 15.0. The maximum absolute atomic E-state index is 12.3. The van der Waals surface area contributed by atoms with E-state index in [9.17, 15) is 4.79 Å². The van der Waals surface area contributed by atoms with Crippen molar-refractivity contribution in [3.05, 3.63) is 77.2 Å². The van der Waals surface area contributed by atoms with Gasteiger partial charge in [0.05, 0.1) is 4.91 Å². The smallest absolute Gasteiger partial charge is 0.200 e. The van der Waals surface area contributed by atoms with Crippen molar-refractivity contribution in [2.75, 3.05) is 6.61 Å². The highest BCUT2D eigenvalue weighted by Gasteiger charge is 2.24. The van der Waals surface area contributed by atoms with Crippen LogP contribution >= 0.6 is 11.8 Å². The van der Waals surface area contributed by atoms with Crippen molar-refractivity contribution in [2.45, 2.75) is 4.90 Å². The molecule has 0 spiro atoms. The quantitative estimate of drug-likeness (QED) is 0.610. The first-order valence-electron chi connectivity index (χ1n) is 6.65. The number of hydrogen-bond donors (Lipinski definition) is 0. The summed E-state index contributed by atoms with van der Waals surface area (Å²) < 4.78 is 5.51. The summed E-state index contributed by atoms with van der Waals surface area (Å²) >= 11 is 1.52. The summed E-state index contributed by atoms with van der Waals surface area (Å²) in [7, 11) is 0. The van der Waals surface area contributed by atoms with Gasteiger partial charge in [0, 0.05) is 10.5 Å². The highest BCUT2D eigenvalue weighted by atomic mass is 32.2. The molecule has 0 bridgehead atoms. The minimum atomic E-state index is 0.0908. The van der Waals surface area contributed by atoms with Gasteiger partial charge in [-0.15, -0.1) is 0 Å². The molecule has 1 aliphatic rings. The van der Waals surface area contributed by atoms with Crippen LogP contribution in [0.15, 0.2) is 71.0 Å². The Morgan fingerprint density at radius 1 is 1.14 bits per heavy atom. The second-order valence-corrected chi connectivity index (χ2v) is 5.69. The van der Waals surface area contributed by atoms with Gasteiger partial charge in [-0.1, -0.05) is 48.7 Å². The van der Waals surface area contributed by atoms with Crippen molar-refractivity contribution in [1.82, 2.24) is 0 Å². The van der Waals surface area contributed by atoms with Gasteiger partial charge in [-0.25, -0.2) is 0 Å². The largest absolute Gasteiger partial charge is 0.490 e. The predicted molar refractivity (Wildman–Crippen MR) is 86.7 cm³/mol. The van der Waals surface area contributed by atoms with Gasteiger partial charge in [0.25, 0.3) is 0 Å². The van der Waals surface area contributed by atoms with Gasteiger partial charge < -0.3 is 4.74 Å². The average Bonchev–Trinajstić information content (AvgIpc) is 2.82. The monoisotopic (exact) mass is 294 g/mol. The Labute approximate surface area is 128 Å². The molecule has 0 saturated carbocycles. The number of carbonyl (C=O) groups is 1. The van der Waals surface area contributed by atoms with E-state index in [1.807, 2.05) is 54.6 Å². The van der Waals surface area contributed by atoms with Gasteiger partial charge in [-0.05, 0) is 35.9 Å². The third-order valence-electron chi connectivity index (χ3n) is 3.10. The maximum Gasteiger partial charge on any atom is 0.200 e. The third kappa shape index (κ3) is 2.93. The number of ketones is 1. The van der Waals surface area contributed by atoms with Crippen LogP contribution in [-0.4, -0.2) is 12.4 Å². The molecule has 2 nitrogen and oxygen atoms in total. The van der Waals surface area contributed by atoms with Crippen molar-refractivity contribution in [3.63, 3.8) is 0 Å². The molecule has 2 aromatic carbocycles. The van der Waals surface area contributed by atoms with E-state index in [0.29, 0.717) is 6.61 Å². The summed E-state index contributed by atoms with van der Waals surface area (Å²) in [6.45, 7) is 4.10. The Kier molecular flexibility index (Phi) is 3.93. The number of rotatable bonds is 4. The summed E-state index contributed by atoms with van der Waals surface area (Å²) in [5, 5.41) is 0. The van der Waals surface area contributed by atoms with Crippen molar-refractivity contribution in [2.24, 2.45) is 0 Å². The van der Waals surface area contributed by atoms with Crippen LogP contribution in [0.2, 0.25) is 0 Å². The van der Waals surface area contributed by atoms with Crippen molar-refractivity contribution < 1.29 is 9.53 Å². The number of benzene rings is 2. The number of hydrogen-bond acceptors (Lipinski definition) is 3. The van der Waals surface area contributed by atoms with Crippen LogP contribution < -0.4 is 4.74 Å². The first kappa shape index (κ1) is 13.7. The number of Topliss-reactive ketones (excluding diaryl/α,β-unsaturated/α-hetero) is 1. The number of allylic oxidation sites excluding steroid dienone is 1. The molecular formula is C18H14O2S. The molecule has 3 rings (SSSR count). The lowest BCUT2D eigenvalue weighted by Crippen LogP contribution is -1.94. The summed E-state index contributed by atoms with van der Waals surface area (Å²) in [5.41, 5.74) is 1.74. The van der Waals surface area contributed by atoms with Gasteiger partial charge in [0.2, 0.25) is 5.78 Å². The number of thioether (sulfide) groups is 1. The van der Waals surface area contributed by atoms with Crippen molar-refractivity contribution in [3.8, 4) is 5.75 Å². The molecule has 0 aliphatic carbocycles. The summed E-state index contributed by atoms with van der Waals surface area (Å²) in [6, 6.07) is 15.4. The lowest BCUT2D eigenvalue weighted by atomic mass is 10.1. The molecule has 0 unspecified atom stereocenters. The standard InChI is InChI=1S/C18H14O2S/c1-2-10-20-14-7-5-6-13(11-14)12-17-18(19)15-8-3-4-9-16(15)21-17/h2-9,11-12H,1,10H2/b17-12-. The molecule has 0 saturated heterocycles. The lowest BCUT2D eigenvalue weighted by Gasteiger charge is -2.04. The lowest BCUT2D eigenvalue weighted by molar-refractivity contribution is 0.104. The molecule has 0 fully saturated rings. The fourth-order valence-electron chi connectivity index (χ4n) is 2.14. The van der Waals surface area contributed by atoms with Crippen molar-refractivity contribution in [1.29, 1.82) is 0 Å². The van der Waals surface area contributed by atoms with Crippen LogP contribution in [0.5, 0.6) is 5.75 Å². The molecule has 0 radical (unpaired) electrons. The highest BCUT2D eigenvalue weighted by molar-refractivity contribution is 8.04. The Bertz CT molecular complexity index is 732. The maximum atomic E-state index is 12.3. The molecule has 0 aromatic heterocycles. The summed E-state index contributed by atoms with van der Waals surface area (Å²) in [6.07, 6.45) is 3.62. The molecule has 2 aromatic rings. The van der Waals surface area contributed by atoms with E-state index in [0.717, 1.165) is 26.7 Å². The van der Waals surface area contributed by atoms with E-state index >= 15 is 0 Å². The molecule has 0 amide bonds. The number of ether oxygens (including phenoxy) is 1. The highest BCUT2D eigenvalue weighted by Crippen LogP contribution is 2.40. The van der Waals surface area contributed by atoms with Gasteiger partial charge in [-0.2, -0.15) is 0 Å². The second kappa shape index (κ2) is 6.02. The van der Waals surface area contributed by atoms with E-state index in [1.54, 1.807) is 6.08 Å². The van der Waals surface area contributed by atoms with Crippen molar-refractivity contribution >= 4 is 23.6 Å². The molecule has 1 heterocycles. The Hall–Kier alpha value is -2.26. The number of carbonyl (C=O) groups excluding carboxylic acids is 1. The minimum Gasteiger partial charge on any atom is -0.490 e. The van der Waals surface area contributed by atoms with Crippen LogP contribution in [0.25, 0.3) is 6.08 Å². The molecule has 104 valence electrons. The van der Waals surface area contributed by atoms with Crippen LogP contribution in [0.1, 0.15) is 15.9 Å². The van der Waals surface area contributed by atoms with Gasteiger partial charge in [0.1, 0.15) is 12.4 Å². The fourth-order valence-corrected chi connectivity index (χ4v) is 3.19. The van der Waals surface area contributed by atoms with E-state index in [1.165, 1.54) is 11.8 Å². The van der Waals surface area contributed by atoms with Crippen LogP contribution in [0.3, 0.4) is 0 Å². The predicted octanol–water partition coefficient (Wildman–Crippen LogP) is 4.58. The molecule has 1 aliphatic heterocycles. The minimum absolute atomic E-state index is 0.0908. The summed E-state index contributed by atoms with van der Waals surface area (Å²) in [5.74, 6) is 0.866. The zero-order valence-electron chi connectivity index (χ0n) is 11.4. The third-order valence-corrected chi connectivity index (χ3v) is 4.20. The van der Waals surface area contributed by atoms with Crippen LogP contribution in [0.4, 0.5) is 0 Å². The van der Waals surface area contributed by atoms with Crippen LogP contribution in [-0.2, 0) is 0 Å². The SMILES string of the molecule is C=CCOc1cccc(/C=C2\Sc3ccccc3C2=O)c1. The first-order valence-corrected chi connectivity index (χ1v) is 7.46. The van der Waals surface area contributed by atoms with Gasteiger partial charge in [0.15, 0.2) is 0 Å². The first-order chi connectivity index (χ1) is 10.3. The van der Waals surface area contributed by atoms with E-state index in [4.69, 9.17) is 4.74 Å². The van der Waals surface area contributed by atoms with E-state index < -0.39 is 0 Å². The average molecular weight is 294 g/mol. The Morgan fingerprint density at radius 3 is 2.81 bits per heavy atom. The second-order valence-electron chi connectivity index (χ2n) is 4.61. The zero-order chi connectivity index (χ0) is 14.7. The Balaban J connectivity index is 1.87. The van der Waals surface area contributed by atoms with Gasteiger partial charge >= 0.3 is 0 Å². The molecule has 0 atom stereocenters.